The van der Waals surface area contributed by atoms with Crippen LogP contribution >= 0.6 is 0 Å². The zero-order valence-corrected chi connectivity index (χ0v) is 11.8. The van der Waals surface area contributed by atoms with Gasteiger partial charge in [0, 0.05) is 11.9 Å². The molecule has 0 aromatic carbocycles. The van der Waals surface area contributed by atoms with Crippen molar-refractivity contribution in [2.24, 2.45) is 5.92 Å². The Hall–Kier alpha value is -1.91. The molecule has 0 aliphatic heterocycles. The highest BCUT2D eigenvalue weighted by Crippen LogP contribution is 2.32. The van der Waals surface area contributed by atoms with Crippen LogP contribution in [0.1, 0.15) is 48.7 Å². The summed E-state index contributed by atoms with van der Waals surface area (Å²) in [5, 5.41) is 12.2. The molecule has 1 saturated carbocycles. The van der Waals surface area contributed by atoms with Gasteiger partial charge in [-0.05, 0) is 50.7 Å². The Morgan fingerprint density at radius 3 is 2.50 bits per heavy atom. The van der Waals surface area contributed by atoms with Gasteiger partial charge in [-0.15, -0.1) is 0 Å². The minimum absolute atomic E-state index is 0.366. The van der Waals surface area contributed by atoms with Crippen LogP contribution < -0.4 is 5.32 Å². The van der Waals surface area contributed by atoms with Crippen LogP contribution in [-0.4, -0.2) is 27.5 Å². The Morgan fingerprint density at radius 1 is 1.35 bits per heavy atom. The number of hydrogen-bond donors (Lipinski definition) is 2. The second-order valence-electron chi connectivity index (χ2n) is 5.71. The van der Waals surface area contributed by atoms with E-state index in [2.05, 4.69) is 17.2 Å². The quantitative estimate of drug-likeness (QED) is 0.886. The van der Waals surface area contributed by atoms with Crippen molar-refractivity contribution >= 4 is 11.9 Å². The van der Waals surface area contributed by atoms with Crippen LogP contribution in [0.25, 0.3) is 0 Å². The minimum atomic E-state index is -1.13. The van der Waals surface area contributed by atoms with Crippen LogP contribution in [-0.2, 0) is 4.79 Å². The van der Waals surface area contributed by atoms with Crippen LogP contribution in [0.2, 0.25) is 0 Å². The van der Waals surface area contributed by atoms with Gasteiger partial charge < -0.3 is 10.4 Å². The lowest BCUT2D eigenvalue weighted by Crippen LogP contribution is -2.56. The average Bonchev–Trinajstić information content (AvgIpc) is 2.42. The molecule has 20 heavy (non-hydrogen) atoms. The molecule has 108 valence electrons. The lowest BCUT2D eigenvalue weighted by molar-refractivity contribution is -0.146. The second kappa shape index (κ2) is 5.61. The van der Waals surface area contributed by atoms with Crippen LogP contribution in [0.3, 0.4) is 0 Å². The first-order chi connectivity index (χ1) is 9.43. The molecule has 1 fully saturated rings. The van der Waals surface area contributed by atoms with E-state index < -0.39 is 11.5 Å². The molecule has 1 aromatic heterocycles. The van der Waals surface area contributed by atoms with Crippen molar-refractivity contribution in [3.63, 3.8) is 0 Å². The average molecular weight is 276 g/mol. The Balaban J connectivity index is 2.14. The molecule has 5 heteroatoms. The molecule has 1 aliphatic rings. The van der Waals surface area contributed by atoms with E-state index >= 15 is 0 Å². The molecule has 2 N–H and O–H groups in total. The highest BCUT2D eigenvalue weighted by Gasteiger charge is 2.42. The summed E-state index contributed by atoms with van der Waals surface area (Å²) < 4.78 is 0. The van der Waals surface area contributed by atoms with E-state index in [9.17, 15) is 14.7 Å². The van der Waals surface area contributed by atoms with Gasteiger partial charge in [-0.3, -0.25) is 9.78 Å². The van der Waals surface area contributed by atoms with E-state index in [1.165, 1.54) is 6.20 Å². The standard InChI is InChI=1S/C15H20N2O3/c1-10-5-7-15(8-6-10,14(19)20)17-13(18)12-4-3-11(2)16-9-12/h3-4,9-10H,5-8H2,1-2H3,(H,17,18)(H,19,20). The molecule has 1 aromatic rings. The lowest BCUT2D eigenvalue weighted by Gasteiger charge is -2.36. The van der Waals surface area contributed by atoms with E-state index in [1.807, 2.05) is 6.92 Å². The number of aromatic nitrogens is 1. The fourth-order valence-electron chi connectivity index (χ4n) is 2.54. The van der Waals surface area contributed by atoms with Crippen molar-refractivity contribution in [1.29, 1.82) is 0 Å². The van der Waals surface area contributed by atoms with Gasteiger partial charge in [0.1, 0.15) is 5.54 Å². The summed E-state index contributed by atoms with van der Waals surface area (Å²) in [5.74, 6) is -0.798. The summed E-state index contributed by atoms with van der Waals surface area (Å²) in [5.41, 5.74) is 0.0879. The van der Waals surface area contributed by atoms with Crippen LogP contribution in [0, 0.1) is 12.8 Å². The molecule has 0 atom stereocenters. The summed E-state index contributed by atoms with van der Waals surface area (Å²) in [6.45, 7) is 3.94. The smallest absolute Gasteiger partial charge is 0.329 e. The normalized spacial score (nSPS) is 26.0. The highest BCUT2D eigenvalue weighted by molar-refractivity contribution is 5.97. The zero-order valence-electron chi connectivity index (χ0n) is 11.8. The van der Waals surface area contributed by atoms with Crippen molar-refractivity contribution < 1.29 is 14.7 Å². The maximum atomic E-state index is 12.2. The van der Waals surface area contributed by atoms with Crippen LogP contribution in [0.5, 0.6) is 0 Å². The maximum Gasteiger partial charge on any atom is 0.329 e. The Bertz CT molecular complexity index is 502. The number of carbonyl (C=O) groups excluding carboxylic acids is 1. The van der Waals surface area contributed by atoms with Gasteiger partial charge in [-0.25, -0.2) is 4.79 Å². The van der Waals surface area contributed by atoms with Crippen molar-refractivity contribution in [3.05, 3.63) is 29.6 Å². The number of rotatable bonds is 3. The van der Waals surface area contributed by atoms with E-state index in [0.29, 0.717) is 24.3 Å². The number of carboxylic acids is 1. The molecule has 2 rings (SSSR count). The van der Waals surface area contributed by atoms with Crippen molar-refractivity contribution in [2.45, 2.75) is 45.1 Å². The van der Waals surface area contributed by atoms with Gasteiger partial charge in [-0.1, -0.05) is 6.92 Å². The largest absolute Gasteiger partial charge is 0.480 e. The van der Waals surface area contributed by atoms with Crippen molar-refractivity contribution in [1.82, 2.24) is 10.3 Å². The van der Waals surface area contributed by atoms with Gasteiger partial charge in [0.05, 0.1) is 5.56 Å². The molecule has 0 unspecified atom stereocenters. The van der Waals surface area contributed by atoms with E-state index in [-0.39, 0.29) is 5.91 Å². The fourth-order valence-corrected chi connectivity index (χ4v) is 2.54. The van der Waals surface area contributed by atoms with Gasteiger partial charge >= 0.3 is 5.97 Å². The van der Waals surface area contributed by atoms with Crippen LogP contribution in [0.15, 0.2) is 18.3 Å². The second-order valence-corrected chi connectivity index (χ2v) is 5.71. The first-order valence-electron chi connectivity index (χ1n) is 6.91. The summed E-state index contributed by atoms with van der Waals surface area (Å²) in [6.07, 6.45) is 4.08. The third-order valence-corrected chi connectivity index (χ3v) is 4.06. The fraction of sp³-hybridized carbons (Fsp3) is 0.533. The van der Waals surface area contributed by atoms with Crippen molar-refractivity contribution in [2.75, 3.05) is 0 Å². The molecule has 0 saturated heterocycles. The molecular formula is C15H20N2O3. The van der Waals surface area contributed by atoms with Gasteiger partial charge in [0.15, 0.2) is 0 Å². The molecule has 5 nitrogen and oxygen atoms in total. The van der Waals surface area contributed by atoms with Crippen molar-refractivity contribution in [3.8, 4) is 0 Å². The summed E-state index contributed by atoms with van der Waals surface area (Å²) >= 11 is 0. The molecule has 1 aliphatic carbocycles. The number of nitrogens with zero attached hydrogens (tertiary/aromatic N) is 1. The predicted molar refractivity (Wildman–Crippen MR) is 74.4 cm³/mol. The van der Waals surface area contributed by atoms with E-state index in [1.54, 1.807) is 12.1 Å². The molecule has 1 amide bonds. The summed E-state index contributed by atoms with van der Waals surface area (Å²) in [6, 6.07) is 3.41. The maximum absolute atomic E-state index is 12.2. The number of aryl methyl sites for hydroxylation is 1. The highest BCUT2D eigenvalue weighted by atomic mass is 16.4. The van der Waals surface area contributed by atoms with Gasteiger partial charge in [-0.2, -0.15) is 0 Å². The Labute approximate surface area is 118 Å². The van der Waals surface area contributed by atoms with Crippen LogP contribution in [0.4, 0.5) is 0 Å². The lowest BCUT2D eigenvalue weighted by atomic mass is 9.77. The van der Waals surface area contributed by atoms with Gasteiger partial charge in [0.25, 0.3) is 5.91 Å². The topological polar surface area (TPSA) is 79.3 Å². The van der Waals surface area contributed by atoms with E-state index in [0.717, 1.165) is 18.5 Å². The SMILES string of the molecule is Cc1ccc(C(=O)NC2(C(=O)O)CCC(C)CC2)cn1. The number of carboxylic acid groups (broad SMARTS) is 1. The minimum Gasteiger partial charge on any atom is -0.480 e. The number of amides is 1. The third kappa shape index (κ3) is 2.98. The van der Waals surface area contributed by atoms with Gasteiger partial charge in [0.2, 0.25) is 0 Å². The first kappa shape index (κ1) is 14.5. The third-order valence-electron chi connectivity index (χ3n) is 4.06. The molecule has 0 bridgehead atoms. The monoisotopic (exact) mass is 276 g/mol. The number of nitrogens with one attached hydrogen (secondary N) is 1. The van der Waals surface area contributed by atoms with E-state index in [4.69, 9.17) is 0 Å². The molecule has 0 radical (unpaired) electrons. The Kier molecular flexibility index (Phi) is 4.06. The number of hydrogen-bond acceptors (Lipinski definition) is 3. The molecular weight excluding hydrogens is 256 g/mol. The first-order valence-corrected chi connectivity index (χ1v) is 6.91. The Morgan fingerprint density at radius 2 is 2.00 bits per heavy atom. The number of aliphatic carboxylic acids is 1. The molecule has 1 heterocycles. The summed E-state index contributed by atoms with van der Waals surface area (Å²) in [4.78, 5) is 27.8. The zero-order chi connectivity index (χ0) is 14.8. The number of pyridine rings is 1. The summed E-state index contributed by atoms with van der Waals surface area (Å²) in [7, 11) is 0. The molecule has 0 spiro atoms. The predicted octanol–water partition coefficient (Wildman–Crippen LogP) is 2.15. The number of carbonyl (C=O) groups is 2.